The maximum absolute atomic E-state index is 13.0. The quantitative estimate of drug-likeness (QED) is 0.455. The molecule has 0 aliphatic carbocycles. The van der Waals surface area contributed by atoms with Crippen LogP contribution in [0.2, 0.25) is 0 Å². The number of hydrogen-bond acceptors (Lipinski definition) is 4. The van der Waals surface area contributed by atoms with Gasteiger partial charge in [-0.25, -0.2) is 4.98 Å². The Bertz CT molecular complexity index is 1140. The summed E-state index contributed by atoms with van der Waals surface area (Å²) in [5, 5.41) is 7.62. The fourth-order valence-electron chi connectivity index (χ4n) is 3.14. The highest BCUT2D eigenvalue weighted by atomic mass is 32.1. The van der Waals surface area contributed by atoms with E-state index >= 15 is 0 Å². The van der Waals surface area contributed by atoms with Gasteiger partial charge in [0, 0.05) is 12.1 Å². The minimum absolute atomic E-state index is 0.254. The smallest absolute Gasteiger partial charge is 0.262 e. The van der Waals surface area contributed by atoms with Crippen LogP contribution in [0.4, 0.5) is 5.69 Å². The number of nitrogens with zero attached hydrogens (tertiary/aromatic N) is 1. The monoisotopic (exact) mass is 404 g/mol. The fourth-order valence-corrected chi connectivity index (χ4v) is 3.77. The van der Waals surface area contributed by atoms with Crippen LogP contribution in [-0.4, -0.2) is 27.8 Å². The lowest BCUT2D eigenvalue weighted by atomic mass is 10.0. The van der Waals surface area contributed by atoms with Gasteiger partial charge in [0.05, 0.1) is 15.9 Å². The van der Waals surface area contributed by atoms with Gasteiger partial charge in [0.2, 0.25) is 5.91 Å². The summed E-state index contributed by atoms with van der Waals surface area (Å²) in [6, 6.07) is 18.0. The van der Waals surface area contributed by atoms with Crippen LogP contribution < -0.4 is 10.6 Å². The summed E-state index contributed by atoms with van der Waals surface area (Å²) in [5.74, 6) is 0.290. The summed E-state index contributed by atoms with van der Waals surface area (Å²) in [7, 11) is 0. The molecule has 2 heterocycles. The number of imidazole rings is 1. The van der Waals surface area contributed by atoms with E-state index in [1.165, 1.54) is 11.3 Å². The molecule has 0 aliphatic rings. The van der Waals surface area contributed by atoms with Gasteiger partial charge in [-0.1, -0.05) is 36.4 Å². The van der Waals surface area contributed by atoms with Crippen LogP contribution in [-0.2, 0) is 11.2 Å². The molecule has 0 aliphatic heterocycles. The fraction of sp³-hybridized carbons (Fsp3) is 0.136. The highest BCUT2D eigenvalue weighted by Crippen LogP contribution is 2.18. The van der Waals surface area contributed by atoms with Gasteiger partial charge in [0.1, 0.15) is 11.9 Å². The van der Waals surface area contributed by atoms with E-state index in [1.807, 2.05) is 60.8 Å². The molecule has 4 rings (SSSR count). The molecule has 2 aromatic carbocycles. The predicted molar refractivity (Wildman–Crippen MR) is 115 cm³/mol. The van der Waals surface area contributed by atoms with Crippen molar-refractivity contribution < 1.29 is 9.59 Å². The van der Waals surface area contributed by atoms with Gasteiger partial charge in [-0.15, -0.1) is 11.3 Å². The van der Waals surface area contributed by atoms with Crippen molar-refractivity contribution in [2.75, 3.05) is 5.32 Å². The molecule has 1 atom stereocenters. The number of fused-ring (bicyclic) bond motifs is 1. The molecule has 2 aromatic heterocycles. The van der Waals surface area contributed by atoms with E-state index in [4.69, 9.17) is 0 Å². The van der Waals surface area contributed by atoms with Gasteiger partial charge in [-0.2, -0.15) is 0 Å². The molecule has 7 heteroatoms. The van der Waals surface area contributed by atoms with Crippen molar-refractivity contribution >= 4 is 39.9 Å². The topological polar surface area (TPSA) is 86.9 Å². The SMILES string of the molecule is Cc1nc2ccc(NC(=O)C(Cc3ccccc3)NC(=O)c3cccs3)cc2[nH]1. The lowest BCUT2D eigenvalue weighted by Gasteiger charge is -2.18. The maximum Gasteiger partial charge on any atom is 0.262 e. The van der Waals surface area contributed by atoms with Gasteiger partial charge >= 0.3 is 0 Å². The van der Waals surface area contributed by atoms with Crippen LogP contribution in [0.3, 0.4) is 0 Å². The molecule has 3 N–H and O–H groups in total. The summed E-state index contributed by atoms with van der Waals surface area (Å²) >= 11 is 1.34. The first kappa shape index (κ1) is 18.9. The Kier molecular flexibility index (Phi) is 5.39. The summed E-state index contributed by atoms with van der Waals surface area (Å²) in [6.07, 6.45) is 0.398. The molecule has 29 heavy (non-hydrogen) atoms. The molecule has 0 saturated heterocycles. The normalized spacial score (nSPS) is 11.9. The summed E-state index contributed by atoms with van der Waals surface area (Å²) in [4.78, 5) is 33.7. The van der Waals surface area contributed by atoms with E-state index in [2.05, 4.69) is 20.6 Å². The molecule has 2 amide bonds. The number of aryl methyl sites for hydroxylation is 1. The van der Waals surface area contributed by atoms with E-state index in [9.17, 15) is 9.59 Å². The molecule has 0 fully saturated rings. The molecule has 0 saturated carbocycles. The molecular formula is C22H20N4O2S. The van der Waals surface area contributed by atoms with Crippen LogP contribution in [0.1, 0.15) is 21.1 Å². The minimum atomic E-state index is -0.703. The van der Waals surface area contributed by atoms with E-state index in [0.29, 0.717) is 17.0 Å². The summed E-state index contributed by atoms with van der Waals surface area (Å²) in [5.41, 5.74) is 3.31. The average molecular weight is 404 g/mol. The van der Waals surface area contributed by atoms with Crippen molar-refractivity contribution in [1.82, 2.24) is 15.3 Å². The average Bonchev–Trinajstić information content (AvgIpc) is 3.37. The van der Waals surface area contributed by atoms with E-state index in [1.54, 1.807) is 12.1 Å². The number of nitrogens with one attached hydrogen (secondary N) is 3. The molecule has 0 spiro atoms. The Balaban J connectivity index is 1.54. The molecule has 146 valence electrons. The largest absolute Gasteiger partial charge is 0.342 e. The first-order valence-electron chi connectivity index (χ1n) is 9.24. The highest BCUT2D eigenvalue weighted by Gasteiger charge is 2.22. The van der Waals surface area contributed by atoms with Crippen LogP contribution in [0, 0.1) is 6.92 Å². The van der Waals surface area contributed by atoms with E-state index in [0.717, 1.165) is 22.4 Å². The van der Waals surface area contributed by atoms with Gasteiger partial charge in [0.25, 0.3) is 5.91 Å². The summed E-state index contributed by atoms with van der Waals surface area (Å²) < 4.78 is 0. The van der Waals surface area contributed by atoms with Crippen LogP contribution in [0.5, 0.6) is 0 Å². The zero-order chi connectivity index (χ0) is 20.2. The third kappa shape index (κ3) is 4.52. The van der Waals surface area contributed by atoms with Crippen molar-refractivity contribution in [2.45, 2.75) is 19.4 Å². The Hall–Kier alpha value is -3.45. The van der Waals surface area contributed by atoms with Crippen molar-refractivity contribution in [1.29, 1.82) is 0 Å². The van der Waals surface area contributed by atoms with E-state index in [-0.39, 0.29) is 11.8 Å². The molecule has 0 bridgehead atoms. The van der Waals surface area contributed by atoms with Crippen molar-refractivity contribution in [3.05, 3.63) is 82.3 Å². The molecule has 6 nitrogen and oxygen atoms in total. The number of carbonyl (C=O) groups excluding carboxylic acids is 2. The Morgan fingerprint density at radius 1 is 1.10 bits per heavy atom. The van der Waals surface area contributed by atoms with Crippen molar-refractivity contribution in [2.24, 2.45) is 0 Å². The lowest BCUT2D eigenvalue weighted by molar-refractivity contribution is -0.118. The molecule has 1 unspecified atom stereocenters. The third-order valence-electron chi connectivity index (χ3n) is 4.52. The van der Waals surface area contributed by atoms with Gasteiger partial charge in [-0.05, 0) is 42.1 Å². The lowest BCUT2D eigenvalue weighted by Crippen LogP contribution is -2.45. The first-order valence-corrected chi connectivity index (χ1v) is 10.1. The Morgan fingerprint density at radius 3 is 2.69 bits per heavy atom. The Morgan fingerprint density at radius 2 is 1.93 bits per heavy atom. The zero-order valence-electron chi connectivity index (χ0n) is 15.8. The number of amides is 2. The second-order valence-corrected chi connectivity index (χ2v) is 7.68. The number of H-pyrrole nitrogens is 1. The summed E-state index contributed by atoms with van der Waals surface area (Å²) in [6.45, 7) is 1.88. The second-order valence-electron chi connectivity index (χ2n) is 6.74. The van der Waals surface area contributed by atoms with Crippen molar-refractivity contribution in [3.63, 3.8) is 0 Å². The van der Waals surface area contributed by atoms with Gasteiger partial charge in [0.15, 0.2) is 0 Å². The van der Waals surface area contributed by atoms with Crippen LogP contribution >= 0.6 is 11.3 Å². The number of carbonyl (C=O) groups is 2. The minimum Gasteiger partial charge on any atom is -0.342 e. The van der Waals surface area contributed by atoms with Crippen molar-refractivity contribution in [3.8, 4) is 0 Å². The number of hydrogen-bond donors (Lipinski definition) is 3. The highest BCUT2D eigenvalue weighted by molar-refractivity contribution is 7.12. The third-order valence-corrected chi connectivity index (χ3v) is 5.39. The van der Waals surface area contributed by atoms with Gasteiger partial charge < -0.3 is 15.6 Å². The zero-order valence-corrected chi connectivity index (χ0v) is 16.6. The number of aromatic nitrogens is 2. The van der Waals surface area contributed by atoms with E-state index < -0.39 is 6.04 Å². The van der Waals surface area contributed by atoms with Crippen LogP contribution in [0.15, 0.2) is 66.0 Å². The predicted octanol–water partition coefficient (Wildman–Crippen LogP) is 3.91. The number of benzene rings is 2. The van der Waals surface area contributed by atoms with Crippen LogP contribution in [0.25, 0.3) is 11.0 Å². The molecule has 4 aromatic rings. The molecular weight excluding hydrogens is 384 g/mol. The standard InChI is InChI=1S/C22H20N4O2S/c1-14-23-17-10-9-16(13-18(17)24-14)25-21(27)19(12-15-6-3-2-4-7-15)26-22(28)20-8-5-11-29-20/h2-11,13,19H,12H2,1H3,(H,23,24)(H,25,27)(H,26,28). The second kappa shape index (κ2) is 8.28. The van der Waals surface area contributed by atoms with Gasteiger partial charge in [-0.3, -0.25) is 9.59 Å². The number of anilines is 1. The Labute approximate surface area is 172 Å². The number of aromatic amines is 1. The number of thiophene rings is 1. The first-order chi connectivity index (χ1) is 14.1. The molecule has 0 radical (unpaired) electrons. The maximum atomic E-state index is 13.0. The number of rotatable bonds is 6.